The molecule has 1 heterocycles. The van der Waals surface area contributed by atoms with Crippen molar-refractivity contribution >= 4 is 11.8 Å². The lowest BCUT2D eigenvalue weighted by Gasteiger charge is -2.30. The minimum Gasteiger partial charge on any atom is -0.327 e. The zero-order chi connectivity index (χ0) is 12.1. The molecular formula is C14H22N2S. The van der Waals surface area contributed by atoms with Gasteiger partial charge < -0.3 is 5.73 Å². The van der Waals surface area contributed by atoms with Crippen LogP contribution in [0, 0.1) is 0 Å². The predicted molar refractivity (Wildman–Crippen MR) is 76.4 cm³/mol. The lowest BCUT2D eigenvalue weighted by molar-refractivity contribution is 0.237. The molecule has 0 radical (unpaired) electrons. The maximum Gasteiger partial charge on any atom is 0.0237 e. The molecule has 0 aromatic heterocycles. The van der Waals surface area contributed by atoms with Gasteiger partial charge in [-0.3, -0.25) is 4.90 Å². The SMILES string of the molecule is CSCCC(N)CN1CCc2ccccc2C1. The molecule has 2 N–H and O–H groups in total. The Morgan fingerprint density at radius 2 is 2.12 bits per heavy atom. The van der Waals surface area contributed by atoms with Gasteiger partial charge in [-0.15, -0.1) is 0 Å². The standard InChI is InChI=1S/C14H22N2S/c1-17-9-7-14(15)11-16-8-6-12-4-2-3-5-13(12)10-16/h2-5,14H,6-11,15H2,1H3. The van der Waals surface area contributed by atoms with Gasteiger partial charge in [-0.25, -0.2) is 0 Å². The smallest absolute Gasteiger partial charge is 0.0237 e. The summed E-state index contributed by atoms with van der Waals surface area (Å²) >= 11 is 1.88. The van der Waals surface area contributed by atoms with Crippen LogP contribution in [0.25, 0.3) is 0 Å². The van der Waals surface area contributed by atoms with Gasteiger partial charge in [0.05, 0.1) is 0 Å². The van der Waals surface area contributed by atoms with E-state index >= 15 is 0 Å². The number of nitrogens with two attached hydrogens (primary N) is 1. The predicted octanol–water partition coefficient (Wildman–Crippen LogP) is 2.13. The Balaban J connectivity index is 1.85. The lowest BCUT2D eigenvalue weighted by atomic mass is 9.99. The normalized spacial score (nSPS) is 17.8. The van der Waals surface area contributed by atoms with Crippen molar-refractivity contribution in [2.75, 3.05) is 25.1 Å². The van der Waals surface area contributed by atoms with Crippen molar-refractivity contribution in [3.05, 3.63) is 35.4 Å². The third kappa shape index (κ3) is 3.73. The molecule has 0 fully saturated rings. The summed E-state index contributed by atoms with van der Waals surface area (Å²) < 4.78 is 0. The minimum absolute atomic E-state index is 0.327. The summed E-state index contributed by atoms with van der Waals surface area (Å²) in [6.45, 7) is 3.27. The second kappa shape index (κ2) is 6.43. The molecule has 0 spiro atoms. The van der Waals surface area contributed by atoms with E-state index in [1.165, 1.54) is 23.3 Å². The molecule has 0 amide bonds. The summed E-state index contributed by atoms with van der Waals surface area (Å²) in [6, 6.07) is 9.09. The Bertz CT molecular complexity index is 354. The summed E-state index contributed by atoms with van der Waals surface area (Å²) in [4.78, 5) is 2.49. The first kappa shape index (κ1) is 12.9. The summed E-state index contributed by atoms with van der Waals surface area (Å²) in [5.74, 6) is 1.17. The highest BCUT2D eigenvalue weighted by Gasteiger charge is 2.17. The molecule has 3 heteroatoms. The van der Waals surface area contributed by atoms with Gasteiger partial charge in [0, 0.05) is 25.7 Å². The van der Waals surface area contributed by atoms with Crippen LogP contribution in [-0.2, 0) is 13.0 Å². The summed E-state index contributed by atoms with van der Waals surface area (Å²) in [5, 5.41) is 0. The van der Waals surface area contributed by atoms with Gasteiger partial charge in [-0.1, -0.05) is 24.3 Å². The van der Waals surface area contributed by atoms with E-state index in [-0.39, 0.29) is 0 Å². The Morgan fingerprint density at radius 1 is 1.35 bits per heavy atom. The molecule has 1 aliphatic rings. The molecule has 1 aromatic rings. The molecular weight excluding hydrogens is 228 g/mol. The van der Waals surface area contributed by atoms with Gasteiger partial charge in [0.1, 0.15) is 0 Å². The molecule has 2 rings (SSSR count). The maximum absolute atomic E-state index is 6.16. The average Bonchev–Trinajstić information content (AvgIpc) is 2.36. The molecule has 94 valence electrons. The number of hydrogen-bond acceptors (Lipinski definition) is 3. The topological polar surface area (TPSA) is 29.3 Å². The maximum atomic E-state index is 6.16. The van der Waals surface area contributed by atoms with Crippen LogP contribution >= 0.6 is 11.8 Å². The molecule has 1 atom stereocenters. The van der Waals surface area contributed by atoms with Crippen LogP contribution in [0.1, 0.15) is 17.5 Å². The fourth-order valence-electron chi connectivity index (χ4n) is 2.40. The second-order valence-electron chi connectivity index (χ2n) is 4.80. The van der Waals surface area contributed by atoms with Crippen molar-refractivity contribution in [2.24, 2.45) is 5.73 Å². The Hall–Kier alpha value is -0.510. The van der Waals surface area contributed by atoms with Crippen molar-refractivity contribution in [3.63, 3.8) is 0 Å². The molecule has 1 unspecified atom stereocenters. The minimum atomic E-state index is 0.327. The Labute approximate surface area is 109 Å². The highest BCUT2D eigenvalue weighted by Crippen LogP contribution is 2.18. The summed E-state index contributed by atoms with van der Waals surface area (Å²) in [7, 11) is 0. The van der Waals surface area contributed by atoms with Gasteiger partial charge >= 0.3 is 0 Å². The first-order valence-corrected chi connectivity index (χ1v) is 7.72. The Kier molecular flexibility index (Phi) is 4.89. The van der Waals surface area contributed by atoms with Crippen molar-refractivity contribution in [1.29, 1.82) is 0 Å². The van der Waals surface area contributed by atoms with Gasteiger partial charge in [0.2, 0.25) is 0 Å². The van der Waals surface area contributed by atoms with Gasteiger partial charge in [-0.05, 0) is 36.0 Å². The van der Waals surface area contributed by atoms with Gasteiger partial charge in [-0.2, -0.15) is 11.8 Å². The zero-order valence-corrected chi connectivity index (χ0v) is 11.4. The van der Waals surface area contributed by atoms with E-state index in [2.05, 4.69) is 35.4 Å². The highest BCUT2D eigenvalue weighted by atomic mass is 32.2. The Morgan fingerprint density at radius 3 is 2.88 bits per heavy atom. The van der Waals surface area contributed by atoms with Crippen molar-refractivity contribution < 1.29 is 0 Å². The van der Waals surface area contributed by atoms with Crippen LogP contribution in [0.4, 0.5) is 0 Å². The molecule has 0 bridgehead atoms. The molecule has 2 nitrogen and oxygen atoms in total. The van der Waals surface area contributed by atoms with Crippen LogP contribution in [0.2, 0.25) is 0 Å². The first-order chi connectivity index (χ1) is 8.29. The number of rotatable bonds is 5. The van der Waals surface area contributed by atoms with Crippen LogP contribution in [0.15, 0.2) is 24.3 Å². The van der Waals surface area contributed by atoms with E-state index in [0.717, 1.165) is 26.1 Å². The first-order valence-electron chi connectivity index (χ1n) is 6.33. The van der Waals surface area contributed by atoms with Crippen LogP contribution in [0.3, 0.4) is 0 Å². The summed E-state index contributed by atoms with van der Waals surface area (Å²) in [6.07, 6.45) is 4.44. The number of thioether (sulfide) groups is 1. The molecule has 1 aromatic carbocycles. The fraction of sp³-hybridized carbons (Fsp3) is 0.571. The second-order valence-corrected chi connectivity index (χ2v) is 5.78. The van der Waals surface area contributed by atoms with Crippen molar-refractivity contribution in [1.82, 2.24) is 4.90 Å². The molecule has 0 saturated carbocycles. The summed E-state index contributed by atoms with van der Waals surface area (Å²) in [5.41, 5.74) is 9.15. The van der Waals surface area contributed by atoms with E-state index in [0.29, 0.717) is 6.04 Å². The third-order valence-corrected chi connectivity index (χ3v) is 4.04. The van der Waals surface area contributed by atoms with Crippen LogP contribution < -0.4 is 5.73 Å². The van der Waals surface area contributed by atoms with E-state index in [1.807, 2.05) is 11.8 Å². The van der Waals surface area contributed by atoms with E-state index in [1.54, 1.807) is 0 Å². The number of benzene rings is 1. The van der Waals surface area contributed by atoms with E-state index in [9.17, 15) is 0 Å². The molecule has 1 aliphatic heterocycles. The molecule has 0 aliphatic carbocycles. The highest BCUT2D eigenvalue weighted by molar-refractivity contribution is 7.98. The number of fused-ring (bicyclic) bond motifs is 1. The monoisotopic (exact) mass is 250 g/mol. The average molecular weight is 250 g/mol. The lowest BCUT2D eigenvalue weighted by Crippen LogP contribution is -2.40. The van der Waals surface area contributed by atoms with Crippen LogP contribution in [-0.4, -0.2) is 36.0 Å². The quantitative estimate of drug-likeness (QED) is 0.868. The van der Waals surface area contributed by atoms with Crippen molar-refractivity contribution in [2.45, 2.75) is 25.4 Å². The van der Waals surface area contributed by atoms with Crippen molar-refractivity contribution in [3.8, 4) is 0 Å². The molecule has 0 saturated heterocycles. The fourth-order valence-corrected chi connectivity index (χ4v) is 2.94. The van der Waals surface area contributed by atoms with E-state index in [4.69, 9.17) is 5.73 Å². The van der Waals surface area contributed by atoms with Crippen LogP contribution in [0.5, 0.6) is 0 Å². The van der Waals surface area contributed by atoms with Gasteiger partial charge in [0.15, 0.2) is 0 Å². The number of hydrogen-bond donors (Lipinski definition) is 1. The van der Waals surface area contributed by atoms with E-state index < -0.39 is 0 Å². The largest absolute Gasteiger partial charge is 0.327 e. The van der Waals surface area contributed by atoms with Gasteiger partial charge in [0.25, 0.3) is 0 Å². The molecule has 17 heavy (non-hydrogen) atoms. The third-order valence-electron chi connectivity index (χ3n) is 3.40. The zero-order valence-electron chi connectivity index (χ0n) is 10.6. The number of nitrogens with zero attached hydrogens (tertiary/aromatic N) is 1.